The first-order valence-corrected chi connectivity index (χ1v) is 8.66. The number of carbonyl (C=O) groups is 1. The van der Waals surface area contributed by atoms with Crippen LogP contribution in [0.2, 0.25) is 0 Å². The summed E-state index contributed by atoms with van der Waals surface area (Å²) >= 11 is 4.63. The summed E-state index contributed by atoms with van der Waals surface area (Å²) in [4.78, 5) is 16.0. The number of carboxylic acid groups (broad SMARTS) is 1. The van der Waals surface area contributed by atoms with Crippen LogP contribution in [0.5, 0.6) is 0 Å². The Bertz CT molecular complexity index is 538. The van der Waals surface area contributed by atoms with E-state index in [0.29, 0.717) is 11.6 Å². The maximum atomic E-state index is 10.4. The molecule has 2 rings (SSSR count). The predicted molar refractivity (Wildman–Crippen MR) is 89.3 cm³/mol. The molecule has 0 aliphatic carbocycles. The third-order valence-electron chi connectivity index (χ3n) is 3.01. The lowest BCUT2D eigenvalue weighted by Gasteiger charge is -2.09. The Labute approximate surface area is 142 Å². The number of unbranched alkanes of at least 4 members (excludes halogenated alkanes) is 3. The Balaban J connectivity index is 1.66. The average Bonchev–Trinajstić information content (AvgIpc) is 2.90. The van der Waals surface area contributed by atoms with Gasteiger partial charge < -0.3 is 9.94 Å². The van der Waals surface area contributed by atoms with Crippen molar-refractivity contribution in [3.8, 4) is 0 Å². The van der Waals surface area contributed by atoms with Crippen molar-refractivity contribution < 1.29 is 19.0 Å². The summed E-state index contributed by atoms with van der Waals surface area (Å²) in [6.45, 7) is 0.663. The molecule has 0 amide bonds. The van der Waals surface area contributed by atoms with E-state index in [4.69, 9.17) is 14.2 Å². The molecule has 0 spiro atoms. The van der Waals surface area contributed by atoms with E-state index in [1.165, 1.54) is 17.3 Å². The highest BCUT2D eigenvalue weighted by molar-refractivity contribution is 9.10. The molecule has 0 radical (unpaired) electrons. The van der Waals surface area contributed by atoms with E-state index < -0.39 is 5.97 Å². The highest BCUT2D eigenvalue weighted by Crippen LogP contribution is 2.32. The van der Waals surface area contributed by atoms with Crippen molar-refractivity contribution in [2.75, 3.05) is 6.54 Å². The van der Waals surface area contributed by atoms with Crippen LogP contribution in [0, 0.1) is 0 Å². The zero-order valence-corrected chi connectivity index (χ0v) is 14.4. The Morgan fingerprint density at radius 2 is 2.14 bits per heavy atom. The van der Waals surface area contributed by atoms with Crippen LogP contribution >= 0.6 is 28.0 Å². The van der Waals surface area contributed by atoms with Gasteiger partial charge in [-0.3, -0.25) is 4.79 Å². The van der Waals surface area contributed by atoms with Gasteiger partial charge in [-0.15, -0.1) is 0 Å². The van der Waals surface area contributed by atoms with E-state index in [9.17, 15) is 4.79 Å². The van der Waals surface area contributed by atoms with Crippen molar-refractivity contribution in [2.24, 2.45) is 0 Å². The standard InChI is InChI=1S/C15H18BrNO4S/c16-13-7-5-6-12(10-13)11-15-20-17(21-22-15)9-4-2-1-3-8-14(18)19/h5-7,10-11H,1-4,8-9H2,(H,18,19)/b15-11-. The van der Waals surface area contributed by atoms with Gasteiger partial charge in [0.15, 0.2) is 0 Å². The van der Waals surface area contributed by atoms with Crippen LogP contribution in [0.1, 0.15) is 37.7 Å². The number of hydrogen-bond acceptors (Lipinski definition) is 5. The molecular weight excluding hydrogens is 370 g/mol. The molecule has 1 heterocycles. The van der Waals surface area contributed by atoms with Gasteiger partial charge >= 0.3 is 5.97 Å². The van der Waals surface area contributed by atoms with E-state index in [-0.39, 0.29) is 6.42 Å². The molecule has 5 nitrogen and oxygen atoms in total. The molecule has 0 atom stereocenters. The molecule has 0 saturated carbocycles. The van der Waals surface area contributed by atoms with E-state index in [0.717, 1.165) is 35.7 Å². The lowest BCUT2D eigenvalue weighted by atomic mass is 10.1. The van der Waals surface area contributed by atoms with E-state index in [2.05, 4.69) is 15.9 Å². The molecule has 1 aromatic carbocycles. The number of benzene rings is 1. The van der Waals surface area contributed by atoms with Gasteiger partial charge in [0.2, 0.25) is 5.09 Å². The zero-order valence-electron chi connectivity index (χ0n) is 12.0. The van der Waals surface area contributed by atoms with Gasteiger partial charge in [0.05, 0.1) is 18.6 Å². The lowest BCUT2D eigenvalue weighted by molar-refractivity contribution is -0.259. The summed E-state index contributed by atoms with van der Waals surface area (Å²) in [6, 6.07) is 7.93. The van der Waals surface area contributed by atoms with Gasteiger partial charge in [-0.05, 0) is 41.8 Å². The summed E-state index contributed by atoms with van der Waals surface area (Å²) in [6.07, 6.45) is 5.67. The fourth-order valence-corrected chi connectivity index (χ4v) is 2.92. The average molecular weight is 388 g/mol. The highest BCUT2D eigenvalue weighted by Gasteiger charge is 2.20. The van der Waals surface area contributed by atoms with Gasteiger partial charge in [0.25, 0.3) is 0 Å². The van der Waals surface area contributed by atoms with Gasteiger partial charge in [0.1, 0.15) is 0 Å². The van der Waals surface area contributed by atoms with Crippen molar-refractivity contribution in [1.82, 2.24) is 5.23 Å². The van der Waals surface area contributed by atoms with E-state index in [1.54, 1.807) is 0 Å². The minimum atomic E-state index is -0.732. The first-order chi connectivity index (χ1) is 10.6. The molecule has 120 valence electrons. The van der Waals surface area contributed by atoms with Crippen LogP contribution in [0.15, 0.2) is 33.8 Å². The fraction of sp³-hybridized carbons (Fsp3) is 0.400. The molecule has 1 saturated heterocycles. The van der Waals surface area contributed by atoms with E-state index in [1.807, 2.05) is 30.3 Å². The molecule has 0 aromatic heterocycles. The topological polar surface area (TPSA) is 59.0 Å². The monoisotopic (exact) mass is 387 g/mol. The quantitative estimate of drug-likeness (QED) is 0.519. The number of carboxylic acids is 1. The van der Waals surface area contributed by atoms with Gasteiger partial charge in [-0.25, -0.2) is 0 Å². The third-order valence-corrected chi connectivity index (χ3v) is 4.10. The highest BCUT2D eigenvalue weighted by atomic mass is 79.9. The lowest BCUT2D eigenvalue weighted by Crippen LogP contribution is -2.16. The maximum absolute atomic E-state index is 10.4. The minimum Gasteiger partial charge on any atom is -0.481 e. The van der Waals surface area contributed by atoms with Crippen LogP contribution in [-0.4, -0.2) is 22.8 Å². The smallest absolute Gasteiger partial charge is 0.303 e. The van der Waals surface area contributed by atoms with Crippen LogP contribution in [0.3, 0.4) is 0 Å². The van der Waals surface area contributed by atoms with Gasteiger partial charge in [0, 0.05) is 10.9 Å². The summed E-state index contributed by atoms with van der Waals surface area (Å²) < 4.78 is 6.38. The summed E-state index contributed by atoms with van der Waals surface area (Å²) in [7, 11) is 0. The molecule has 1 aromatic rings. The number of hydroxylamine groups is 2. The maximum Gasteiger partial charge on any atom is 0.303 e. The van der Waals surface area contributed by atoms with Gasteiger partial charge in [-0.1, -0.05) is 40.9 Å². The van der Waals surface area contributed by atoms with Crippen LogP contribution in [-0.2, 0) is 13.9 Å². The summed E-state index contributed by atoms with van der Waals surface area (Å²) in [5, 5.41) is 10.7. The van der Waals surface area contributed by atoms with Crippen molar-refractivity contribution in [1.29, 1.82) is 0 Å². The molecule has 1 aliphatic rings. The summed E-state index contributed by atoms with van der Waals surface area (Å²) in [5.74, 6) is -0.732. The van der Waals surface area contributed by atoms with Crippen molar-refractivity contribution in [3.63, 3.8) is 0 Å². The number of aliphatic carboxylic acids is 1. The van der Waals surface area contributed by atoms with Crippen LogP contribution in [0.4, 0.5) is 0 Å². The zero-order chi connectivity index (χ0) is 15.8. The summed E-state index contributed by atoms with van der Waals surface area (Å²) in [5.41, 5.74) is 1.04. The SMILES string of the molecule is O=C(O)CCCCCCN1OS/C(=C\c2cccc(Br)c2)O1. The second-order valence-electron chi connectivity index (χ2n) is 4.88. The normalized spacial score (nSPS) is 16.9. The molecule has 1 fully saturated rings. The number of nitrogens with zero attached hydrogens (tertiary/aromatic N) is 1. The first-order valence-electron chi connectivity index (χ1n) is 7.13. The van der Waals surface area contributed by atoms with Crippen LogP contribution < -0.4 is 0 Å². The van der Waals surface area contributed by atoms with Crippen molar-refractivity contribution >= 4 is 40.0 Å². The molecule has 0 unspecified atom stereocenters. The van der Waals surface area contributed by atoms with Crippen molar-refractivity contribution in [2.45, 2.75) is 32.1 Å². The Morgan fingerprint density at radius 1 is 1.32 bits per heavy atom. The van der Waals surface area contributed by atoms with Crippen molar-refractivity contribution in [3.05, 3.63) is 39.4 Å². The Kier molecular flexibility index (Phi) is 7.24. The van der Waals surface area contributed by atoms with Gasteiger partial charge in [-0.2, -0.15) is 4.28 Å². The van der Waals surface area contributed by atoms with Crippen LogP contribution in [0.25, 0.3) is 6.08 Å². The second kappa shape index (κ2) is 9.19. The molecule has 7 heteroatoms. The Hall–Kier alpha value is -1.02. The Morgan fingerprint density at radius 3 is 2.91 bits per heavy atom. The first kappa shape index (κ1) is 17.3. The second-order valence-corrected chi connectivity index (χ2v) is 6.52. The molecule has 1 N–H and O–H groups in total. The molecule has 0 bridgehead atoms. The molecule has 1 aliphatic heterocycles. The molecular formula is C15H18BrNO4S. The number of hydrogen-bond donors (Lipinski definition) is 1. The van der Waals surface area contributed by atoms with E-state index >= 15 is 0 Å². The largest absolute Gasteiger partial charge is 0.481 e. The minimum absolute atomic E-state index is 0.242. The fourth-order valence-electron chi connectivity index (χ4n) is 1.95. The number of rotatable bonds is 8. The number of halogens is 1. The third kappa shape index (κ3) is 6.39. The predicted octanol–water partition coefficient (Wildman–Crippen LogP) is 4.61. The molecule has 22 heavy (non-hydrogen) atoms.